The molecule has 0 radical (unpaired) electrons. The van der Waals surface area contributed by atoms with Crippen LogP contribution in [0.15, 0.2) is 0 Å². The Labute approximate surface area is 306 Å². The molecule has 0 aromatic rings. The lowest BCUT2D eigenvalue weighted by molar-refractivity contribution is -0.249. The number of hydrogen-bond acceptors (Lipinski definition) is 11. The van der Waals surface area contributed by atoms with Gasteiger partial charge in [-0.05, 0) is 47.3 Å². The fourth-order valence-electron chi connectivity index (χ4n) is 11.4. The summed E-state index contributed by atoms with van der Waals surface area (Å²) in [5.74, 6) is -0.0899. The Morgan fingerprint density at radius 1 is 0.420 bits per heavy atom. The van der Waals surface area contributed by atoms with Crippen LogP contribution in [-0.4, -0.2) is 68.9 Å². The number of aliphatic hydroxyl groups is 2. The summed E-state index contributed by atoms with van der Waals surface area (Å²) in [6.45, 7) is 39.0. The van der Waals surface area contributed by atoms with E-state index < -0.39 is 69.5 Å². The minimum Gasteiger partial charge on any atom is -0.541 e. The van der Waals surface area contributed by atoms with E-state index in [-0.39, 0.29) is 47.3 Å². The highest BCUT2D eigenvalue weighted by atomic mass is 17.1. The second-order valence-electron chi connectivity index (χ2n) is 18.6. The van der Waals surface area contributed by atoms with E-state index in [0.717, 1.165) is 0 Å². The minimum atomic E-state index is -2.51. The zero-order valence-corrected chi connectivity index (χ0v) is 35.1. The lowest BCUT2D eigenvalue weighted by Gasteiger charge is -2.66. The average molecular weight is 709 g/mol. The van der Waals surface area contributed by atoms with Crippen LogP contribution in [0.4, 0.5) is 0 Å². The van der Waals surface area contributed by atoms with Crippen LogP contribution in [0.25, 0.3) is 0 Å². The van der Waals surface area contributed by atoms with E-state index in [2.05, 4.69) is 111 Å². The zero-order valence-electron chi connectivity index (χ0n) is 35.1. The van der Waals surface area contributed by atoms with Crippen molar-refractivity contribution in [2.75, 3.05) is 0 Å². The molecule has 16 heteroatoms. The Kier molecular flexibility index (Phi) is 13.2. The number of rotatable bonds is 18. The Bertz CT molecular complexity index is 1090. The van der Waals surface area contributed by atoms with Gasteiger partial charge in [0.05, 0.1) is 22.4 Å². The van der Waals surface area contributed by atoms with E-state index in [0.29, 0.717) is 0 Å². The molecule has 50 heavy (non-hydrogen) atoms. The van der Waals surface area contributed by atoms with Crippen molar-refractivity contribution < 1.29 is 51.5 Å². The SMILES string of the molecule is CC(C)C(O)(C(C)C)C(C)(C)C(OB1OB(OB2O[B-]3(O2)OB(OC(C(C)C)(C(C)C)C(C)(C)C(O)(C(C)C)C(C)C)O3)O1)(C(C)C)C(C)C. The summed E-state index contributed by atoms with van der Waals surface area (Å²) in [4.78, 5) is 0. The van der Waals surface area contributed by atoms with E-state index in [1.165, 1.54) is 0 Å². The van der Waals surface area contributed by atoms with Crippen molar-refractivity contribution in [1.29, 1.82) is 0 Å². The van der Waals surface area contributed by atoms with Crippen LogP contribution < -0.4 is 0 Å². The van der Waals surface area contributed by atoms with Gasteiger partial charge in [-0.15, -0.1) is 0 Å². The normalized spacial score (nSPS) is 19.8. The molecular weight excluding hydrogens is 638 g/mol. The molecule has 0 aromatic carbocycles. The molecular formula is C34H70B5O11-. The molecule has 3 heterocycles. The highest BCUT2D eigenvalue weighted by molar-refractivity contribution is 6.88. The van der Waals surface area contributed by atoms with Crippen molar-refractivity contribution in [2.45, 2.75) is 161 Å². The molecule has 3 rings (SSSR count). The smallest absolute Gasteiger partial charge is 0.541 e. The van der Waals surface area contributed by atoms with Crippen molar-refractivity contribution >= 4 is 36.2 Å². The van der Waals surface area contributed by atoms with Crippen LogP contribution in [0.3, 0.4) is 0 Å². The van der Waals surface area contributed by atoms with Gasteiger partial charge < -0.3 is 51.5 Å². The van der Waals surface area contributed by atoms with Crippen LogP contribution in [0.5, 0.6) is 0 Å². The van der Waals surface area contributed by atoms with Crippen LogP contribution >= 0.6 is 0 Å². The molecule has 3 aliphatic heterocycles. The lowest BCUT2D eigenvalue weighted by Crippen LogP contribution is -2.80. The van der Waals surface area contributed by atoms with Gasteiger partial charge in [-0.25, -0.2) is 0 Å². The van der Waals surface area contributed by atoms with Gasteiger partial charge in [0.2, 0.25) is 0 Å². The first-order chi connectivity index (χ1) is 22.6. The molecule has 1 spiro atoms. The fraction of sp³-hybridized carbons (Fsp3) is 1.00. The quantitative estimate of drug-likeness (QED) is 0.146. The van der Waals surface area contributed by atoms with Crippen LogP contribution in [0.1, 0.15) is 138 Å². The first-order valence-electron chi connectivity index (χ1n) is 19.2. The maximum Gasteiger partial charge on any atom is 0.615 e. The topological polar surface area (TPSA) is 124 Å². The van der Waals surface area contributed by atoms with Gasteiger partial charge >= 0.3 is 36.2 Å². The Morgan fingerprint density at radius 2 is 0.700 bits per heavy atom. The molecule has 0 unspecified atom stereocenters. The summed E-state index contributed by atoms with van der Waals surface area (Å²) in [5.41, 5.74) is -5.16. The molecule has 0 aliphatic carbocycles. The summed E-state index contributed by atoms with van der Waals surface area (Å²) in [6, 6.07) is 0. The van der Waals surface area contributed by atoms with E-state index >= 15 is 0 Å². The first kappa shape index (κ1) is 44.3. The monoisotopic (exact) mass is 710 g/mol. The molecule has 3 fully saturated rings. The van der Waals surface area contributed by atoms with Crippen molar-refractivity contribution in [1.82, 2.24) is 0 Å². The summed E-state index contributed by atoms with van der Waals surface area (Å²) < 4.78 is 54.1. The fourth-order valence-corrected chi connectivity index (χ4v) is 11.4. The second kappa shape index (κ2) is 14.8. The van der Waals surface area contributed by atoms with Crippen LogP contribution in [0, 0.1) is 58.2 Å². The molecule has 0 saturated carbocycles. The van der Waals surface area contributed by atoms with Gasteiger partial charge in [0.1, 0.15) is 0 Å². The number of hydrogen-bond donors (Lipinski definition) is 2. The summed E-state index contributed by atoms with van der Waals surface area (Å²) in [7, 11) is -4.32. The van der Waals surface area contributed by atoms with Gasteiger partial charge in [0, 0.05) is 10.8 Å². The van der Waals surface area contributed by atoms with Gasteiger partial charge in [0.25, 0.3) is 0 Å². The predicted molar refractivity (Wildman–Crippen MR) is 200 cm³/mol. The summed E-state index contributed by atoms with van der Waals surface area (Å²) >= 11 is 0. The molecule has 2 N–H and O–H groups in total. The molecule has 0 amide bonds. The Hall–Kier alpha value is -0.115. The van der Waals surface area contributed by atoms with Gasteiger partial charge in [-0.2, -0.15) is 0 Å². The molecule has 0 bridgehead atoms. The van der Waals surface area contributed by atoms with Crippen LogP contribution in [0.2, 0.25) is 0 Å². The molecule has 11 nitrogen and oxygen atoms in total. The Balaban J connectivity index is 1.64. The van der Waals surface area contributed by atoms with Gasteiger partial charge in [0.15, 0.2) is 0 Å². The largest absolute Gasteiger partial charge is 0.615 e. The van der Waals surface area contributed by atoms with Gasteiger partial charge in [-0.1, -0.05) is 138 Å². The van der Waals surface area contributed by atoms with E-state index in [9.17, 15) is 10.2 Å². The zero-order chi connectivity index (χ0) is 38.8. The lowest BCUT2D eigenvalue weighted by atomic mass is 9.50. The third-order valence-electron chi connectivity index (χ3n) is 13.3. The predicted octanol–water partition coefficient (Wildman–Crippen LogP) is 6.79. The molecule has 0 aromatic heterocycles. The average Bonchev–Trinajstić information content (AvgIpc) is 2.90. The van der Waals surface area contributed by atoms with Crippen LogP contribution in [-0.2, 0) is 41.3 Å². The molecule has 3 saturated heterocycles. The highest BCUT2D eigenvalue weighted by Gasteiger charge is 2.69. The Morgan fingerprint density at radius 3 is 0.980 bits per heavy atom. The van der Waals surface area contributed by atoms with Crippen molar-refractivity contribution in [3.63, 3.8) is 0 Å². The van der Waals surface area contributed by atoms with Crippen molar-refractivity contribution in [2.24, 2.45) is 58.2 Å². The highest BCUT2D eigenvalue weighted by Crippen LogP contribution is 2.58. The van der Waals surface area contributed by atoms with Crippen molar-refractivity contribution in [3.05, 3.63) is 0 Å². The second-order valence-corrected chi connectivity index (χ2v) is 18.6. The third-order valence-corrected chi connectivity index (χ3v) is 13.3. The molecule has 288 valence electrons. The van der Waals surface area contributed by atoms with Crippen molar-refractivity contribution in [3.8, 4) is 0 Å². The van der Waals surface area contributed by atoms with Gasteiger partial charge in [-0.3, -0.25) is 0 Å². The standard InChI is InChI=1S/C34H70B5O11/c1-21(2)31(40,22(3)4)29(17,18)33(25(9)10,26(11)12)42-35-44-37(45-35)46-38-49-39(50-38)47-36(48-39)43-34(27(13)14,28(15)16)30(19,20)32(41,23(5)6)24(7)8/h21-28,40-41H,1-20H3/q-1. The van der Waals surface area contributed by atoms with E-state index in [1.807, 2.05) is 27.7 Å². The third kappa shape index (κ3) is 6.64. The summed E-state index contributed by atoms with van der Waals surface area (Å²) in [5, 5.41) is 24.4. The van der Waals surface area contributed by atoms with E-state index in [1.54, 1.807) is 0 Å². The maximum atomic E-state index is 12.2. The van der Waals surface area contributed by atoms with E-state index in [4.69, 9.17) is 41.3 Å². The summed E-state index contributed by atoms with van der Waals surface area (Å²) in [6.07, 6.45) is 0. The first-order valence-corrected chi connectivity index (χ1v) is 19.2. The minimum absolute atomic E-state index is 0.000379. The maximum absolute atomic E-state index is 12.2. The molecule has 3 aliphatic rings. The molecule has 0 atom stereocenters.